The molecule has 0 aliphatic heterocycles. The lowest BCUT2D eigenvalue weighted by molar-refractivity contribution is 0.0392. The molecule has 0 aliphatic carbocycles. The summed E-state index contributed by atoms with van der Waals surface area (Å²) in [6.45, 7) is 10.4. The van der Waals surface area contributed by atoms with Crippen LogP contribution in [0.15, 0.2) is 29.3 Å². The number of aryl methyl sites for hydroxylation is 1. The number of aliphatic imine (C=N–C) groups is 1. The Bertz CT molecular complexity index is 884. The summed E-state index contributed by atoms with van der Waals surface area (Å²) >= 11 is 11.9. The van der Waals surface area contributed by atoms with Crippen molar-refractivity contribution in [2.75, 3.05) is 36.8 Å². The number of hydrogen-bond acceptors (Lipinski definition) is 6. The van der Waals surface area contributed by atoms with Crippen LogP contribution in [0.2, 0.25) is 10.0 Å². The van der Waals surface area contributed by atoms with Crippen molar-refractivity contribution < 1.29 is 5.11 Å². The van der Waals surface area contributed by atoms with Gasteiger partial charge >= 0.3 is 0 Å². The van der Waals surface area contributed by atoms with Crippen LogP contribution in [0, 0.1) is 6.92 Å². The van der Waals surface area contributed by atoms with E-state index in [-0.39, 0.29) is 11.9 Å². The fraction of sp³-hybridized carbons (Fsp3) is 0.450. The van der Waals surface area contributed by atoms with Gasteiger partial charge in [0.05, 0.1) is 15.6 Å². The van der Waals surface area contributed by atoms with Crippen molar-refractivity contribution in [2.24, 2.45) is 10.7 Å². The molecule has 2 aromatic rings. The van der Waals surface area contributed by atoms with Crippen LogP contribution in [-0.4, -0.2) is 57.7 Å². The second-order valence-electron chi connectivity index (χ2n) is 7.55. The van der Waals surface area contributed by atoms with Gasteiger partial charge in [-0.05, 0) is 45.5 Å². The molecule has 0 saturated heterocycles. The number of halogens is 2. The summed E-state index contributed by atoms with van der Waals surface area (Å²) in [5.41, 5.74) is 6.66. The van der Waals surface area contributed by atoms with Crippen molar-refractivity contribution in [2.45, 2.75) is 33.3 Å². The number of aliphatic hydroxyl groups is 1. The molecule has 0 radical (unpaired) electrons. The van der Waals surface area contributed by atoms with E-state index in [9.17, 15) is 5.11 Å². The summed E-state index contributed by atoms with van der Waals surface area (Å²) in [5, 5.41) is 17.1. The maximum atomic E-state index is 10.00. The Morgan fingerprint density at radius 3 is 2.60 bits per heavy atom. The molecular formula is C20H29Cl2N7O. The first kappa shape index (κ1) is 24.1. The van der Waals surface area contributed by atoms with Crippen LogP contribution in [0.5, 0.6) is 0 Å². The lowest BCUT2D eigenvalue weighted by atomic mass is 10.1. The summed E-state index contributed by atoms with van der Waals surface area (Å²) in [5.74, 6) is 1.03. The van der Waals surface area contributed by atoms with E-state index < -0.39 is 5.60 Å². The van der Waals surface area contributed by atoms with Gasteiger partial charge in [-0.1, -0.05) is 30.1 Å². The SMILES string of the molecule is CCN(CCNc1cc(C)nc(N=C(N)Nc2ccc(Cl)c(Cl)c2)n1)CC(C)(C)O. The number of anilines is 2. The van der Waals surface area contributed by atoms with Gasteiger partial charge in [0.1, 0.15) is 5.82 Å². The maximum Gasteiger partial charge on any atom is 0.254 e. The molecule has 0 fully saturated rings. The lowest BCUT2D eigenvalue weighted by Gasteiger charge is -2.27. The van der Waals surface area contributed by atoms with Gasteiger partial charge in [0, 0.05) is 37.1 Å². The van der Waals surface area contributed by atoms with Gasteiger partial charge in [0.2, 0.25) is 5.96 Å². The second kappa shape index (κ2) is 10.8. The van der Waals surface area contributed by atoms with Crippen molar-refractivity contribution in [3.05, 3.63) is 40.0 Å². The fourth-order valence-corrected chi connectivity index (χ4v) is 3.09. The molecule has 0 aliphatic rings. The Morgan fingerprint density at radius 2 is 1.97 bits per heavy atom. The monoisotopic (exact) mass is 453 g/mol. The standard InChI is InChI=1S/C20H29Cl2N7O/c1-5-29(12-20(3,4)30)9-8-24-17-10-13(2)25-19(27-17)28-18(23)26-14-6-7-15(21)16(22)11-14/h6-7,10-11,30H,5,8-9,12H2,1-4H3,(H4,23,24,25,26,27,28). The minimum absolute atomic E-state index is 0.132. The quantitative estimate of drug-likeness (QED) is 0.338. The normalized spacial score (nSPS) is 12.3. The van der Waals surface area contributed by atoms with Crippen molar-refractivity contribution in [1.29, 1.82) is 0 Å². The summed E-state index contributed by atoms with van der Waals surface area (Å²) in [7, 11) is 0. The molecule has 30 heavy (non-hydrogen) atoms. The van der Waals surface area contributed by atoms with Gasteiger partial charge in [0.15, 0.2) is 0 Å². The van der Waals surface area contributed by atoms with Crippen molar-refractivity contribution >= 4 is 46.6 Å². The molecule has 5 N–H and O–H groups in total. The zero-order valence-corrected chi connectivity index (χ0v) is 19.2. The Labute approximate surface area is 187 Å². The molecule has 1 aromatic heterocycles. The Balaban J connectivity index is 2.01. The molecule has 0 amide bonds. The highest BCUT2D eigenvalue weighted by atomic mass is 35.5. The highest BCUT2D eigenvalue weighted by Crippen LogP contribution is 2.25. The Hall–Kier alpha value is -2.13. The average Bonchev–Trinajstić information content (AvgIpc) is 2.62. The molecule has 8 nitrogen and oxygen atoms in total. The number of likely N-dealkylation sites (N-methyl/N-ethyl adjacent to an activating group) is 1. The van der Waals surface area contributed by atoms with Crippen LogP contribution in [0.4, 0.5) is 17.5 Å². The number of hydrogen-bond donors (Lipinski definition) is 4. The topological polar surface area (TPSA) is 112 Å². The molecule has 0 atom stereocenters. The third kappa shape index (κ3) is 8.31. The number of nitrogens with zero attached hydrogens (tertiary/aromatic N) is 4. The highest BCUT2D eigenvalue weighted by molar-refractivity contribution is 6.42. The van der Waals surface area contributed by atoms with Crippen molar-refractivity contribution in [3.63, 3.8) is 0 Å². The highest BCUT2D eigenvalue weighted by Gasteiger charge is 2.16. The zero-order chi connectivity index (χ0) is 22.3. The van der Waals surface area contributed by atoms with Gasteiger partial charge in [-0.25, -0.2) is 4.98 Å². The molecular weight excluding hydrogens is 425 g/mol. The number of nitrogens with two attached hydrogens (primary N) is 1. The minimum atomic E-state index is -0.734. The van der Waals surface area contributed by atoms with Crippen molar-refractivity contribution in [1.82, 2.24) is 14.9 Å². The molecule has 0 unspecified atom stereocenters. The number of rotatable bonds is 9. The third-order valence-electron chi connectivity index (χ3n) is 4.05. The van der Waals surface area contributed by atoms with E-state index in [0.29, 0.717) is 34.6 Å². The number of benzene rings is 1. The molecule has 0 bridgehead atoms. The number of nitrogens with one attached hydrogen (secondary N) is 2. The van der Waals surface area contributed by atoms with Crippen LogP contribution in [-0.2, 0) is 0 Å². The summed E-state index contributed by atoms with van der Waals surface area (Å²) in [6, 6.07) is 6.91. The minimum Gasteiger partial charge on any atom is -0.389 e. The first-order valence-corrected chi connectivity index (χ1v) is 10.4. The van der Waals surface area contributed by atoms with E-state index in [4.69, 9.17) is 28.9 Å². The number of aromatic nitrogens is 2. The van der Waals surface area contributed by atoms with Gasteiger partial charge in [0.25, 0.3) is 5.95 Å². The molecule has 10 heteroatoms. The van der Waals surface area contributed by atoms with Crippen LogP contribution >= 0.6 is 23.2 Å². The third-order valence-corrected chi connectivity index (χ3v) is 4.79. The van der Waals surface area contributed by atoms with Crippen molar-refractivity contribution in [3.8, 4) is 0 Å². The summed E-state index contributed by atoms with van der Waals surface area (Å²) in [4.78, 5) is 15.1. The second-order valence-corrected chi connectivity index (χ2v) is 8.37. The first-order chi connectivity index (χ1) is 14.1. The van der Waals surface area contributed by atoms with Gasteiger partial charge < -0.3 is 21.5 Å². The smallest absolute Gasteiger partial charge is 0.254 e. The largest absolute Gasteiger partial charge is 0.389 e. The van der Waals surface area contributed by atoms with Crippen LogP contribution in [0.1, 0.15) is 26.5 Å². The van der Waals surface area contributed by atoms with Gasteiger partial charge in [-0.3, -0.25) is 4.90 Å². The number of guanidine groups is 1. The van der Waals surface area contributed by atoms with E-state index in [1.54, 1.807) is 32.0 Å². The molecule has 0 saturated carbocycles. The van der Waals surface area contributed by atoms with E-state index in [1.807, 2.05) is 13.0 Å². The van der Waals surface area contributed by atoms with E-state index in [1.165, 1.54) is 0 Å². The average molecular weight is 454 g/mol. The predicted octanol–water partition coefficient (Wildman–Crippen LogP) is 3.65. The van der Waals surface area contributed by atoms with Crippen LogP contribution in [0.25, 0.3) is 0 Å². The lowest BCUT2D eigenvalue weighted by Crippen LogP contribution is -2.40. The summed E-state index contributed by atoms with van der Waals surface area (Å²) in [6.07, 6.45) is 0. The zero-order valence-electron chi connectivity index (χ0n) is 17.7. The van der Waals surface area contributed by atoms with E-state index in [2.05, 4.69) is 37.4 Å². The van der Waals surface area contributed by atoms with E-state index in [0.717, 1.165) is 18.8 Å². The van der Waals surface area contributed by atoms with Crippen LogP contribution in [0.3, 0.4) is 0 Å². The summed E-state index contributed by atoms with van der Waals surface area (Å²) < 4.78 is 0. The van der Waals surface area contributed by atoms with Crippen LogP contribution < -0.4 is 16.4 Å². The first-order valence-electron chi connectivity index (χ1n) is 9.66. The van der Waals surface area contributed by atoms with Gasteiger partial charge in [-0.2, -0.15) is 9.98 Å². The molecule has 164 valence electrons. The molecule has 0 spiro atoms. The Kier molecular flexibility index (Phi) is 8.66. The van der Waals surface area contributed by atoms with Gasteiger partial charge in [-0.15, -0.1) is 0 Å². The molecule has 1 aromatic carbocycles. The fourth-order valence-electron chi connectivity index (χ4n) is 2.79. The molecule has 2 rings (SSSR count). The maximum absolute atomic E-state index is 10.00. The van der Waals surface area contributed by atoms with E-state index >= 15 is 0 Å². The molecule has 1 heterocycles. The predicted molar refractivity (Wildman–Crippen MR) is 125 cm³/mol. The Morgan fingerprint density at radius 1 is 1.23 bits per heavy atom.